The van der Waals surface area contributed by atoms with E-state index in [1.807, 2.05) is 42.5 Å². The van der Waals surface area contributed by atoms with Gasteiger partial charge in [-0.1, -0.05) is 12.1 Å². The van der Waals surface area contributed by atoms with Crippen LogP contribution in [-0.4, -0.2) is 23.2 Å². The number of para-hydroxylation sites is 1. The molecule has 1 aromatic heterocycles. The number of nitrogens with zero attached hydrogens (tertiary/aromatic N) is 1. The molecule has 0 aliphatic carbocycles. The number of benzene rings is 2. The normalized spacial score (nSPS) is 16.0. The number of fused-ring (bicyclic) bond motifs is 1. The van der Waals surface area contributed by atoms with Crippen LogP contribution in [0, 0.1) is 0 Å². The molecule has 1 amide bonds. The molecule has 0 saturated carbocycles. The number of H-pyrrole nitrogens is 1. The molecule has 0 unspecified atom stereocenters. The lowest BCUT2D eigenvalue weighted by Crippen LogP contribution is -2.38. The Labute approximate surface area is 138 Å². The molecule has 3 aromatic rings. The fraction of sp³-hybridized carbons (Fsp3) is 0.111. The van der Waals surface area contributed by atoms with Gasteiger partial charge in [-0.3, -0.25) is 9.89 Å². The predicted octanol–water partition coefficient (Wildman–Crippen LogP) is 2.94. The fourth-order valence-corrected chi connectivity index (χ4v) is 2.87. The molecule has 6 heteroatoms. The molecule has 24 heavy (non-hydrogen) atoms. The van der Waals surface area contributed by atoms with E-state index in [2.05, 4.69) is 20.8 Å². The molecular weight excluding hydrogens is 304 g/mol. The Morgan fingerprint density at radius 3 is 2.62 bits per heavy atom. The molecule has 6 nitrogen and oxygen atoms in total. The van der Waals surface area contributed by atoms with Crippen LogP contribution in [-0.2, 0) is 0 Å². The van der Waals surface area contributed by atoms with Crippen molar-refractivity contribution >= 4 is 11.6 Å². The number of hydrogen-bond acceptors (Lipinski definition) is 4. The van der Waals surface area contributed by atoms with Crippen LogP contribution in [0.5, 0.6) is 5.75 Å². The average Bonchev–Trinajstić information content (AvgIpc) is 3.11. The van der Waals surface area contributed by atoms with Gasteiger partial charge in [0.05, 0.1) is 24.6 Å². The molecule has 2 heterocycles. The number of nitrogens with one attached hydrogen (secondary N) is 3. The zero-order valence-corrected chi connectivity index (χ0v) is 13.0. The van der Waals surface area contributed by atoms with Crippen molar-refractivity contribution in [2.45, 2.75) is 6.17 Å². The van der Waals surface area contributed by atoms with Gasteiger partial charge in [0.1, 0.15) is 11.9 Å². The first-order valence-electron chi connectivity index (χ1n) is 7.60. The molecule has 1 atom stereocenters. The number of carbonyl (C=O) groups is 1. The minimum absolute atomic E-state index is 0.101. The summed E-state index contributed by atoms with van der Waals surface area (Å²) in [6, 6.07) is 15.1. The molecule has 0 saturated heterocycles. The van der Waals surface area contributed by atoms with Crippen molar-refractivity contribution in [1.29, 1.82) is 0 Å². The summed E-state index contributed by atoms with van der Waals surface area (Å²) >= 11 is 0. The highest BCUT2D eigenvalue weighted by Crippen LogP contribution is 2.31. The number of aromatic amines is 1. The lowest BCUT2D eigenvalue weighted by atomic mass is 10.0. The zero-order chi connectivity index (χ0) is 16.5. The second-order valence-corrected chi connectivity index (χ2v) is 5.53. The van der Waals surface area contributed by atoms with Crippen LogP contribution in [0.25, 0.3) is 11.3 Å². The van der Waals surface area contributed by atoms with Gasteiger partial charge in [-0.2, -0.15) is 5.10 Å². The topological polar surface area (TPSA) is 79.0 Å². The lowest BCUT2D eigenvalue weighted by molar-refractivity contribution is 0.0936. The zero-order valence-electron chi connectivity index (χ0n) is 13.0. The first-order chi connectivity index (χ1) is 11.8. The van der Waals surface area contributed by atoms with Crippen LogP contribution in [0.4, 0.5) is 5.69 Å². The van der Waals surface area contributed by atoms with Gasteiger partial charge in [0.25, 0.3) is 5.91 Å². The second kappa shape index (κ2) is 5.73. The van der Waals surface area contributed by atoms with Gasteiger partial charge in [-0.25, -0.2) is 0 Å². The lowest BCUT2D eigenvalue weighted by Gasteiger charge is -2.27. The summed E-state index contributed by atoms with van der Waals surface area (Å²) < 4.78 is 5.19. The van der Waals surface area contributed by atoms with Crippen molar-refractivity contribution in [2.75, 3.05) is 12.4 Å². The smallest absolute Gasteiger partial charge is 0.255 e. The van der Waals surface area contributed by atoms with Crippen molar-refractivity contribution in [3.8, 4) is 17.0 Å². The summed E-state index contributed by atoms with van der Waals surface area (Å²) in [5.74, 6) is 0.689. The van der Waals surface area contributed by atoms with Gasteiger partial charge in [0, 0.05) is 16.8 Å². The maximum Gasteiger partial charge on any atom is 0.255 e. The van der Waals surface area contributed by atoms with Crippen molar-refractivity contribution in [3.63, 3.8) is 0 Å². The summed E-state index contributed by atoms with van der Waals surface area (Å²) in [7, 11) is 1.63. The molecule has 0 spiro atoms. The molecule has 1 aliphatic rings. The summed E-state index contributed by atoms with van der Waals surface area (Å²) in [5, 5.41) is 13.5. The fourth-order valence-electron chi connectivity index (χ4n) is 2.87. The van der Waals surface area contributed by atoms with Gasteiger partial charge >= 0.3 is 0 Å². The largest absolute Gasteiger partial charge is 0.497 e. The molecule has 1 aliphatic heterocycles. The number of anilines is 1. The van der Waals surface area contributed by atoms with E-state index in [0.29, 0.717) is 5.56 Å². The Balaban J connectivity index is 1.69. The standard InChI is InChI=1S/C18H16N4O2/c1-24-12-8-6-11(7-9-12)16-14(10-19-22-16)17-20-15-5-3-2-4-13(15)18(23)21-17/h2-10,17,20H,1H3,(H,19,22)(H,21,23)/t17-/m0/s1. The average molecular weight is 320 g/mol. The highest BCUT2D eigenvalue weighted by Gasteiger charge is 2.27. The van der Waals surface area contributed by atoms with Gasteiger partial charge in [-0.15, -0.1) is 0 Å². The maximum atomic E-state index is 12.3. The van der Waals surface area contributed by atoms with Gasteiger partial charge in [0.2, 0.25) is 0 Å². The van der Waals surface area contributed by atoms with Crippen molar-refractivity contribution in [2.24, 2.45) is 0 Å². The molecule has 0 radical (unpaired) electrons. The predicted molar refractivity (Wildman–Crippen MR) is 90.8 cm³/mol. The molecule has 2 aromatic carbocycles. The molecule has 0 bridgehead atoms. The van der Waals surface area contributed by atoms with Crippen LogP contribution in [0.3, 0.4) is 0 Å². The quantitative estimate of drug-likeness (QED) is 0.693. The van der Waals surface area contributed by atoms with Crippen LogP contribution < -0.4 is 15.4 Å². The number of amides is 1. The van der Waals surface area contributed by atoms with Crippen LogP contribution >= 0.6 is 0 Å². The van der Waals surface area contributed by atoms with Gasteiger partial charge < -0.3 is 15.4 Å². The monoisotopic (exact) mass is 320 g/mol. The Morgan fingerprint density at radius 2 is 1.83 bits per heavy atom. The highest BCUT2D eigenvalue weighted by molar-refractivity contribution is 6.01. The molecule has 3 N–H and O–H groups in total. The Hall–Kier alpha value is -3.28. The third-order valence-electron chi connectivity index (χ3n) is 4.11. The van der Waals surface area contributed by atoms with Crippen LogP contribution in [0.2, 0.25) is 0 Å². The van der Waals surface area contributed by atoms with Crippen molar-refractivity contribution < 1.29 is 9.53 Å². The van der Waals surface area contributed by atoms with Gasteiger partial charge in [0.15, 0.2) is 0 Å². The molecule has 0 fully saturated rings. The second-order valence-electron chi connectivity index (χ2n) is 5.53. The van der Waals surface area contributed by atoms with E-state index in [1.165, 1.54) is 0 Å². The number of ether oxygens (including phenoxy) is 1. The van der Waals surface area contributed by atoms with Crippen LogP contribution in [0.15, 0.2) is 54.7 Å². The number of carbonyl (C=O) groups excluding carboxylic acids is 1. The van der Waals surface area contributed by atoms with E-state index in [4.69, 9.17) is 4.74 Å². The van der Waals surface area contributed by atoms with Gasteiger partial charge in [-0.05, 0) is 36.4 Å². The maximum absolute atomic E-state index is 12.3. The van der Waals surface area contributed by atoms with Crippen LogP contribution in [0.1, 0.15) is 22.1 Å². The number of rotatable bonds is 3. The van der Waals surface area contributed by atoms with E-state index in [9.17, 15) is 4.79 Å². The van der Waals surface area contributed by atoms with E-state index in [0.717, 1.165) is 28.3 Å². The summed E-state index contributed by atoms with van der Waals surface area (Å²) in [5.41, 5.74) is 4.16. The third-order valence-corrected chi connectivity index (χ3v) is 4.11. The minimum atomic E-state index is -0.344. The Kier molecular flexibility index (Phi) is 3.42. The molecule has 4 rings (SSSR count). The number of aromatic nitrogens is 2. The number of methoxy groups -OCH3 is 1. The minimum Gasteiger partial charge on any atom is -0.497 e. The van der Waals surface area contributed by atoms with E-state index in [1.54, 1.807) is 19.4 Å². The van der Waals surface area contributed by atoms with Crippen molar-refractivity contribution in [3.05, 3.63) is 65.9 Å². The first kappa shape index (κ1) is 14.3. The van der Waals surface area contributed by atoms with E-state index >= 15 is 0 Å². The Bertz CT molecular complexity index is 886. The highest BCUT2D eigenvalue weighted by atomic mass is 16.5. The van der Waals surface area contributed by atoms with E-state index < -0.39 is 0 Å². The SMILES string of the molecule is COc1ccc(-c2[nH]ncc2[C@@H]2NC(=O)c3ccccc3N2)cc1. The molecular formula is C18H16N4O2. The van der Waals surface area contributed by atoms with Crippen molar-refractivity contribution in [1.82, 2.24) is 15.5 Å². The summed E-state index contributed by atoms with van der Waals surface area (Å²) in [4.78, 5) is 12.3. The third kappa shape index (κ3) is 2.38. The molecule has 120 valence electrons. The Morgan fingerprint density at radius 1 is 1.04 bits per heavy atom. The summed E-state index contributed by atoms with van der Waals surface area (Å²) in [6.45, 7) is 0. The number of hydrogen-bond donors (Lipinski definition) is 3. The first-order valence-corrected chi connectivity index (χ1v) is 7.60. The summed E-state index contributed by atoms with van der Waals surface area (Å²) in [6.07, 6.45) is 1.38. The van der Waals surface area contributed by atoms with E-state index in [-0.39, 0.29) is 12.1 Å².